The topological polar surface area (TPSA) is 81.4 Å². The molecule has 1 aliphatic carbocycles. The standard InChI is InChI=1S/C22H36N2O3/c1-14(10-12-27-21(26)18(5)24-20(25)17(4)23)16(3)13-19-15(2)9-8-11-22(19,6)7/h10,13,17-18H,8-9,11-12,23H2,1-7H3,(H,24,25)/b14-10+,16-13+/t17-,18-/m0/s1. The summed E-state index contributed by atoms with van der Waals surface area (Å²) in [6, 6.07) is -1.37. The number of carbonyl (C=O) groups is 2. The van der Waals surface area contributed by atoms with Crippen LogP contribution in [0.4, 0.5) is 0 Å². The predicted molar refractivity (Wildman–Crippen MR) is 110 cm³/mol. The van der Waals surface area contributed by atoms with Crippen LogP contribution in [0.25, 0.3) is 0 Å². The highest BCUT2D eigenvalue weighted by molar-refractivity contribution is 5.86. The van der Waals surface area contributed by atoms with E-state index in [4.69, 9.17) is 10.5 Å². The van der Waals surface area contributed by atoms with Crippen molar-refractivity contribution in [2.24, 2.45) is 11.1 Å². The van der Waals surface area contributed by atoms with Gasteiger partial charge in [-0.25, -0.2) is 4.79 Å². The van der Waals surface area contributed by atoms with Gasteiger partial charge in [0.1, 0.15) is 12.6 Å². The lowest BCUT2D eigenvalue weighted by atomic mass is 9.72. The summed E-state index contributed by atoms with van der Waals surface area (Å²) >= 11 is 0. The second kappa shape index (κ2) is 9.88. The van der Waals surface area contributed by atoms with Gasteiger partial charge in [0.05, 0.1) is 6.04 Å². The number of hydrogen-bond acceptors (Lipinski definition) is 4. The third kappa shape index (κ3) is 6.98. The van der Waals surface area contributed by atoms with Crippen molar-refractivity contribution in [3.05, 3.63) is 34.4 Å². The Balaban J connectivity index is 2.68. The van der Waals surface area contributed by atoms with Crippen LogP contribution in [0, 0.1) is 5.41 Å². The van der Waals surface area contributed by atoms with E-state index in [-0.39, 0.29) is 17.9 Å². The Morgan fingerprint density at radius 1 is 1.26 bits per heavy atom. The molecule has 0 unspecified atom stereocenters. The van der Waals surface area contributed by atoms with Gasteiger partial charge in [-0.15, -0.1) is 0 Å². The van der Waals surface area contributed by atoms with Gasteiger partial charge in [-0.2, -0.15) is 0 Å². The van der Waals surface area contributed by atoms with Crippen molar-refractivity contribution in [2.75, 3.05) is 6.61 Å². The van der Waals surface area contributed by atoms with E-state index in [9.17, 15) is 9.59 Å². The van der Waals surface area contributed by atoms with Crippen LogP contribution in [0.3, 0.4) is 0 Å². The Morgan fingerprint density at radius 3 is 2.44 bits per heavy atom. The normalized spacial score (nSPS) is 20.1. The molecule has 0 bridgehead atoms. The maximum atomic E-state index is 12.0. The van der Waals surface area contributed by atoms with Crippen LogP contribution >= 0.6 is 0 Å². The molecule has 0 heterocycles. The third-order valence-corrected chi connectivity index (χ3v) is 5.27. The van der Waals surface area contributed by atoms with E-state index in [1.54, 1.807) is 13.8 Å². The highest BCUT2D eigenvalue weighted by Crippen LogP contribution is 2.41. The lowest BCUT2D eigenvalue weighted by Crippen LogP contribution is -2.46. The van der Waals surface area contributed by atoms with Gasteiger partial charge in [0.25, 0.3) is 0 Å². The van der Waals surface area contributed by atoms with Gasteiger partial charge in [0.15, 0.2) is 0 Å². The minimum atomic E-state index is -0.718. The first-order valence-electron chi connectivity index (χ1n) is 9.74. The van der Waals surface area contributed by atoms with Crippen molar-refractivity contribution < 1.29 is 14.3 Å². The average Bonchev–Trinajstić information content (AvgIpc) is 2.57. The zero-order valence-corrected chi connectivity index (χ0v) is 17.9. The first-order chi connectivity index (χ1) is 12.5. The summed E-state index contributed by atoms with van der Waals surface area (Å²) < 4.78 is 5.25. The first kappa shape index (κ1) is 23.2. The number of hydrogen-bond donors (Lipinski definition) is 2. The molecule has 27 heavy (non-hydrogen) atoms. The Labute approximate surface area is 164 Å². The van der Waals surface area contributed by atoms with Crippen LogP contribution in [-0.4, -0.2) is 30.6 Å². The second-order valence-corrected chi connectivity index (χ2v) is 8.29. The molecule has 5 nitrogen and oxygen atoms in total. The lowest BCUT2D eigenvalue weighted by molar-refractivity contribution is -0.146. The highest BCUT2D eigenvalue weighted by Gasteiger charge is 2.27. The summed E-state index contributed by atoms with van der Waals surface area (Å²) in [4.78, 5) is 23.5. The van der Waals surface area contributed by atoms with Crippen LogP contribution < -0.4 is 11.1 Å². The average molecular weight is 377 g/mol. The number of rotatable bonds is 7. The zero-order chi connectivity index (χ0) is 20.8. The number of esters is 1. The fourth-order valence-corrected chi connectivity index (χ4v) is 3.23. The summed E-state index contributed by atoms with van der Waals surface area (Å²) in [5.41, 5.74) is 10.8. The van der Waals surface area contributed by atoms with Crippen LogP contribution in [0.2, 0.25) is 0 Å². The Kier molecular flexibility index (Phi) is 8.48. The summed E-state index contributed by atoms with van der Waals surface area (Å²) in [6.45, 7) is 14.3. The molecule has 0 saturated carbocycles. The number of allylic oxidation sites excluding steroid dienone is 5. The minimum absolute atomic E-state index is 0.176. The zero-order valence-electron chi connectivity index (χ0n) is 17.9. The molecule has 0 aromatic heterocycles. The highest BCUT2D eigenvalue weighted by atomic mass is 16.5. The van der Waals surface area contributed by atoms with E-state index in [2.05, 4.69) is 39.1 Å². The molecule has 5 heteroatoms. The molecule has 1 aliphatic rings. The Morgan fingerprint density at radius 2 is 1.89 bits per heavy atom. The van der Waals surface area contributed by atoms with Crippen LogP contribution in [-0.2, 0) is 14.3 Å². The largest absolute Gasteiger partial charge is 0.460 e. The fraction of sp³-hybridized carbons (Fsp3) is 0.636. The molecule has 0 fully saturated rings. The van der Waals surface area contributed by atoms with E-state index in [0.717, 1.165) is 12.0 Å². The molecular weight excluding hydrogens is 340 g/mol. The van der Waals surface area contributed by atoms with Crippen molar-refractivity contribution in [2.45, 2.75) is 79.8 Å². The maximum absolute atomic E-state index is 12.0. The number of nitrogens with two attached hydrogens (primary N) is 1. The van der Waals surface area contributed by atoms with E-state index < -0.39 is 18.1 Å². The molecule has 0 saturated heterocycles. The maximum Gasteiger partial charge on any atom is 0.328 e. The molecule has 1 amide bonds. The molecular formula is C22H36N2O3. The van der Waals surface area contributed by atoms with E-state index in [1.165, 1.54) is 29.6 Å². The van der Waals surface area contributed by atoms with Gasteiger partial charge in [-0.3, -0.25) is 4.79 Å². The van der Waals surface area contributed by atoms with Crippen LogP contribution in [0.1, 0.15) is 67.7 Å². The molecule has 0 aliphatic heterocycles. The summed E-state index contributed by atoms with van der Waals surface area (Å²) in [5.74, 6) is -0.842. The third-order valence-electron chi connectivity index (χ3n) is 5.27. The number of carbonyl (C=O) groups excluding carboxylic acids is 2. The first-order valence-corrected chi connectivity index (χ1v) is 9.74. The van der Waals surface area contributed by atoms with Gasteiger partial charge >= 0.3 is 5.97 Å². The Bertz CT molecular complexity index is 654. The Hall–Kier alpha value is -1.88. The minimum Gasteiger partial charge on any atom is -0.460 e. The van der Waals surface area contributed by atoms with Crippen molar-refractivity contribution in [1.82, 2.24) is 5.32 Å². The van der Waals surface area contributed by atoms with Crippen molar-refractivity contribution in [1.29, 1.82) is 0 Å². The second-order valence-electron chi connectivity index (χ2n) is 8.29. The number of amides is 1. The molecule has 2 atom stereocenters. The lowest BCUT2D eigenvalue weighted by Gasteiger charge is -2.33. The van der Waals surface area contributed by atoms with Crippen molar-refractivity contribution in [3.8, 4) is 0 Å². The molecule has 1 rings (SSSR count). The van der Waals surface area contributed by atoms with E-state index in [1.807, 2.05) is 13.0 Å². The van der Waals surface area contributed by atoms with E-state index >= 15 is 0 Å². The van der Waals surface area contributed by atoms with E-state index in [0.29, 0.717) is 0 Å². The van der Waals surface area contributed by atoms with Crippen LogP contribution in [0.15, 0.2) is 34.4 Å². The van der Waals surface area contributed by atoms with Gasteiger partial charge in [-0.05, 0) is 82.1 Å². The SMILES string of the molecule is CC1=C(/C=C(C)/C(C)=C/COC(=O)[C@H](C)NC(=O)[C@H](C)N)C(C)(C)CCC1. The summed E-state index contributed by atoms with van der Waals surface area (Å²) in [5, 5.41) is 2.53. The molecule has 0 radical (unpaired) electrons. The fourth-order valence-electron chi connectivity index (χ4n) is 3.23. The molecule has 0 aromatic carbocycles. The van der Waals surface area contributed by atoms with Crippen LogP contribution in [0.5, 0.6) is 0 Å². The smallest absolute Gasteiger partial charge is 0.328 e. The quantitative estimate of drug-likeness (QED) is 0.523. The van der Waals surface area contributed by atoms with Gasteiger partial charge in [-0.1, -0.05) is 25.5 Å². The number of nitrogens with one attached hydrogen (secondary N) is 1. The molecule has 0 aromatic rings. The molecule has 152 valence electrons. The van der Waals surface area contributed by atoms with Crippen molar-refractivity contribution in [3.63, 3.8) is 0 Å². The van der Waals surface area contributed by atoms with Gasteiger partial charge in [0.2, 0.25) is 5.91 Å². The summed E-state index contributed by atoms with van der Waals surface area (Å²) in [6.07, 6.45) is 7.78. The molecule has 0 spiro atoms. The number of ether oxygens (including phenoxy) is 1. The van der Waals surface area contributed by atoms with Crippen molar-refractivity contribution >= 4 is 11.9 Å². The van der Waals surface area contributed by atoms with Gasteiger partial charge in [0, 0.05) is 0 Å². The monoisotopic (exact) mass is 376 g/mol. The molecule has 3 N–H and O–H groups in total. The predicted octanol–water partition coefficient (Wildman–Crippen LogP) is 3.80. The van der Waals surface area contributed by atoms with Gasteiger partial charge < -0.3 is 15.8 Å². The summed E-state index contributed by atoms with van der Waals surface area (Å²) in [7, 11) is 0.